The van der Waals surface area contributed by atoms with Crippen LogP contribution in [0, 0.1) is 0 Å². The maximum atomic E-state index is 6.37. The molecule has 10 aromatic rings. The third-order valence-electron chi connectivity index (χ3n) is 9.73. The van der Waals surface area contributed by atoms with E-state index in [0.717, 1.165) is 55.3 Å². The molecule has 0 atom stereocenters. The number of nitrogens with zero attached hydrogens (tertiary/aromatic N) is 3. The lowest BCUT2D eigenvalue weighted by atomic mass is 9.97. The highest BCUT2D eigenvalue weighted by atomic mass is 16.3. The molecule has 238 valence electrons. The van der Waals surface area contributed by atoms with E-state index in [9.17, 15) is 0 Å². The first-order valence-corrected chi connectivity index (χ1v) is 17.1. The van der Waals surface area contributed by atoms with E-state index in [1.54, 1.807) is 0 Å². The van der Waals surface area contributed by atoms with Crippen LogP contribution in [0.15, 0.2) is 180 Å². The van der Waals surface area contributed by atoms with E-state index < -0.39 is 0 Å². The van der Waals surface area contributed by atoms with E-state index in [0.29, 0.717) is 17.5 Å². The standard InChI is InChI=1S/C47H29N3O/c1-3-10-30(11-4-1)36-25-27-42-41(29-36)44-40(16-9-17-43(44)51-42)47-49-45(33-13-5-2-6-14-33)48-46(50-47)34-21-18-31(19-22-34)35-24-26-39-37(28-35)23-20-32-12-7-8-15-38(32)39/h1-29H. The second-order valence-electron chi connectivity index (χ2n) is 12.8. The molecule has 4 nitrogen and oxygen atoms in total. The SMILES string of the molecule is c1ccc(-c2ccc3oc4cccc(-c5nc(-c6ccccc6)nc(-c6ccc(-c7ccc8c(ccc9ccccc98)c7)cc6)n5)c4c3c2)cc1. The van der Waals surface area contributed by atoms with Gasteiger partial charge in [0.15, 0.2) is 17.5 Å². The zero-order valence-electron chi connectivity index (χ0n) is 27.5. The fourth-order valence-corrected chi connectivity index (χ4v) is 7.17. The Morgan fingerprint density at radius 3 is 1.69 bits per heavy atom. The summed E-state index contributed by atoms with van der Waals surface area (Å²) >= 11 is 0. The van der Waals surface area contributed by atoms with Crippen molar-refractivity contribution < 1.29 is 4.42 Å². The number of hydrogen-bond donors (Lipinski definition) is 0. The number of fused-ring (bicyclic) bond motifs is 6. The van der Waals surface area contributed by atoms with Crippen molar-refractivity contribution in [1.82, 2.24) is 15.0 Å². The predicted molar refractivity (Wildman–Crippen MR) is 209 cm³/mol. The van der Waals surface area contributed by atoms with Crippen LogP contribution in [0.5, 0.6) is 0 Å². The maximum absolute atomic E-state index is 6.37. The molecule has 0 aliphatic rings. The first-order chi connectivity index (χ1) is 25.2. The minimum Gasteiger partial charge on any atom is -0.456 e. The highest BCUT2D eigenvalue weighted by Gasteiger charge is 2.18. The number of benzene rings is 8. The molecule has 8 aromatic carbocycles. The number of rotatable bonds is 5. The van der Waals surface area contributed by atoms with Gasteiger partial charge in [0.25, 0.3) is 0 Å². The molecule has 2 aromatic heterocycles. The molecule has 0 radical (unpaired) electrons. The summed E-state index contributed by atoms with van der Waals surface area (Å²) in [5.74, 6) is 1.84. The lowest BCUT2D eigenvalue weighted by Crippen LogP contribution is -2.00. The molecule has 51 heavy (non-hydrogen) atoms. The highest BCUT2D eigenvalue weighted by molar-refractivity contribution is 6.13. The molecule has 10 rings (SSSR count). The summed E-state index contributed by atoms with van der Waals surface area (Å²) in [6, 6.07) is 61.1. The predicted octanol–water partition coefficient (Wildman–Crippen LogP) is 12.4. The lowest BCUT2D eigenvalue weighted by Gasteiger charge is -2.10. The third-order valence-corrected chi connectivity index (χ3v) is 9.73. The summed E-state index contributed by atoms with van der Waals surface area (Å²) in [6.07, 6.45) is 0. The minimum atomic E-state index is 0.600. The second kappa shape index (κ2) is 11.9. The average Bonchev–Trinajstić information content (AvgIpc) is 3.59. The Hall–Kier alpha value is -6.91. The summed E-state index contributed by atoms with van der Waals surface area (Å²) in [5, 5.41) is 7.02. The molecule has 0 aliphatic carbocycles. The van der Waals surface area contributed by atoms with Gasteiger partial charge in [-0.25, -0.2) is 15.0 Å². The van der Waals surface area contributed by atoms with Crippen molar-refractivity contribution in [3.05, 3.63) is 176 Å². The van der Waals surface area contributed by atoms with E-state index in [1.165, 1.54) is 27.1 Å². The van der Waals surface area contributed by atoms with Crippen LogP contribution in [0.2, 0.25) is 0 Å². The molecule has 0 amide bonds. The fraction of sp³-hybridized carbons (Fsp3) is 0. The topological polar surface area (TPSA) is 51.8 Å². The average molecular weight is 652 g/mol. The van der Waals surface area contributed by atoms with E-state index in [4.69, 9.17) is 19.4 Å². The van der Waals surface area contributed by atoms with Crippen LogP contribution in [-0.4, -0.2) is 15.0 Å². The Kier molecular flexibility index (Phi) is 6.78. The van der Waals surface area contributed by atoms with Gasteiger partial charge < -0.3 is 4.42 Å². The van der Waals surface area contributed by atoms with Crippen molar-refractivity contribution in [3.8, 4) is 56.4 Å². The number of furan rings is 1. The smallest absolute Gasteiger partial charge is 0.164 e. The zero-order valence-corrected chi connectivity index (χ0v) is 27.5. The van der Waals surface area contributed by atoms with Gasteiger partial charge in [-0.2, -0.15) is 0 Å². The molecule has 0 spiro atoms. The van der Waals surface area contributed by atoms with Gasteiger partial charge in [-0.05, 0) is 68.1 Å². The summed E-state index contributed by atoms with van der Waals surface area (Å²) in [5.41, 5.74) is 8.95. The van der Waals surface area contributed by atoms with Gasteiger partial charge in [0.2, 0.25) is 0 Å². The van der Waals surface area contributed by atoms with Crippen molar-refractivity contribution in [3.63, 3.8) is 0 Å². The van der Waals surface area contributed by atoms with Gasteiger partial charge in [0, 0.05) is 27.5 Å². The first-order valence-electron chi connectivity index (χ1n) is 17.1. The van der Waals surface area contributed by atoms with Gasteiger partial charge in [0.05, 0.1) is 0 Å². The van der Waals surface area contributed by atoms with Crippen LogP contribution in [-0.2, 0) is 0 Å². The summed E-state index contributed by atoms with van der Waals surface area (Å²) in [7, 11) is 0. The summed E-state index contributed by atoms with van der Waals surface area (Å²) in [6.45, 7) is 0. The van der Waals surface area contributed by atoms with Crippen LogP contribution in [0.4, 0.5) is 0 Å². The monoisotopic (exact) mass is 651 g/mol. The molecular formula is C47H29N3O. The van der Waals surface area contributed by atoms with Crippen molar-refractivity contribution in [2.24, 2.45) is 0 Å². The molecule has 0 aliphatic heterocycles. The van der Waals surface area contributed by atoms with Crippen LogP contribution in [0.25, 0.3) is 99.9 Å². The second-order valence-corrected chi connectivity index (χ2v) is 12.8. The molecule has 0 saturated heterocycles. The van der Waals surface area contributed by atoms with Crippen molar-refractivity contribution in [1.29, 1.82) is 0 Å². The lowest BCUT2D eigenvalue weighted by molar-refractivity contribution is 0.669. The summed E-state index contributed by atoms with van der Waals surface area (Å²) in [4.78, 5) is 15.2. The Balaban J connectivity index is 1.09. The molecule has 0 bridgehead atoms. The van der Waals surface area contributed by atoms with Crippen molar-refractivity contribution >= 4 is 43.5 Å². The first kappa shape index (κ1) is 29.0. The van der Waals surface area contributed by atoms with Crippen molar-refractivity contribution in [2.75, 3.05) is 0 Å². The van der Waals surface area contributed by atoms with Crippen LogP contribution >= 0.6 is 0 Å². The molecule has 4 heteroatoms. The Morgan fingerprint density at radius 1 is 0.314 bits per heavy atom. The Morgan fingerprint density at radius 2 is 0.882 bits per heavy atom. The number of aromatic nitrogens is 3. The van der Waals surface area contributed by atoms with E-state index in [1.807, 2.05) is 48.5 Å². The van der Waals surface area contributed by atoms with E-state index in [-0.39, 0.29) is 0 Å². The quantitative estimate of drug-likeness (QED) is 0.174. The van der Waals surface area contributed by atoms with Crippen LogP contribution in [0.3, 0.4) is 0 Å². The summed E-state index contributed by atoms with van der Waals surface area (Å²) < 4.78 is 6.37. The molecular weight excluding hydrogens is 623 g/mol. The maximum Gasteiger partial charge on any atom is 0.164 e. The normalized spacial score (nSPS) is 11.5. The van der Waals surface area contributed by atoms with E-state index in [2.05, 4.69) is 127 Å². The molecule has 0 N–H and O–H groups in total. The minimum absolute atomic E-state index is 0.600. The van der Waals surface area contributed by atoms with Gasteiger partial charge in [0.1, 0.15) is 11.2 Å². The zero-order chi connectivity index (χ0) is 33.7. The molecule has 0 fully saturated rings. The fourth-order valence-electron chi connectivity index (χ4n) is 7.17. The Labute approximate surface area is 294 Å². The molecule has 0 unspecified atom stereocenters. The van der Waals surface area contributed by atoms with Gasteiger partial charge in [-0.15, -0.1) is 0 Å². The van der Waals surface area contributed by atoms with Crippen LogP contribution < -0.4 is 0 Å². The van der Waals surface area contributed by atoms with Gasteiger partial charge in [-0.1, -0.05) is 152 Å². The van der Waals surface area contributed by atoms with Gasteiger partial charge in [-0.3, -0.25) is 0 Å². The molecule has 2 heterocycles. The van der Waals surface area contributed by atoms with Crippen LogP contribution in [0.1, 0.15) is 0 Å². The van der Waals surface area contributed by atoms with Crippen molar-refractivity contribution in [2.45, 2.75) is 0 Å². The number of hydrogen-bond acceptors (Lipinski definition) is 4. The van der Waals surface area contributed by atoms with E-state index >= 15 is 0 Å². The van der Waals surface area contributed by atoms with Gasteiger partial charge >= 0.3 is 0 Å². The Bertz CT molecular complexity index is 2900. The largest absolute Gasteiger partial charge is 0.456 e. The highest BCUT2D eigenvalue weighted by Crippen LogP contribution is 2.38. The third kappa shape index (κ3) is 5.13. The molecule has 0 saturated carbocycles.